The van der Waals surface area contributed by atoms with Crippen molar-refractivity contribution in [2.75, 3.05) is 0 Å². The molecular formula is C14H24O2. The summed E-state index contributed by atoms with van der Waals surface area (Å²) >= 11 is 0. The Balaban J connectivity index is 3.53. The molecule has 0 aromatic rings. The minimum absolute atomic E-state index is 0.225. The summed E-state index contributed by atoms with van der Waals surface area (Å²) in [6.45, 7) is 1.93. The van der Waals surface area contributed by atoms with Crippen molar-refractivity contribution < 1.29 is 12.6 Å². The second-order valence-corrected chi connectivity index (χ2v) is 3.58. The van der Waals surface area contributed by atoms with Crippen LogP contribution in [0.1, 0.15) is 61.0 Å². The molecule has 0 aromatic carbocycles. The summed E-state index contributed by atoms with van der Waals surface area (Å²) in [5, 5.41) is 8.43. The van der Waals surface area contributed by atoms with Crippen LogP contribution >= 0.6 is 0 Å². The Morgan fingerprint density at radius 3 is 2.50 bits per heavy atom. The lowest BCUT2D eigenvalue weighted by Crippen LogP contribution is -1.92. The molecule has 0 aromatic heterocycles. The number of unbranched alkanes of at least 4 members (excludes halogenated alkanes) is 1. The highest BCUT2D eigenvalue weighted by Gasteiger charge is 1.92. The van der Waals surface area contributed by atoms with Crippen molar-refractivity contribution in [1.29, 1.82) is 0 Å². The molecule has 1 N–H and O–H groups in total. The first-order chi connectivity index (χ1) is 8.57. The lowest BCUT2D eigenvalue weighted by atomic mass is 10.2. The van der Waals surface area contributed by atoms with Gasteiger partial charge in [0, 0.05) is 9.16 Å². The first-order valence-corrected chi connectivity index (χ1v) is 5.94. The van der Waals surface area contributed by atoms with Gasteiger partial charge in [-0.05, 0) is 32.1 Å². The van der Waals surface area contributed by atoms with Crippen LogP contribution in [0.3, 0.4) is 0 Å². The van der Waals surface area contributed by atoms with Crippen LogP contribution in [-0.4, -0.2) is 11.1 Å². The van der Waals surface area contributed by atoms with Crippen LogP contribution in [0.4, 0.5) is 0 Å². The number of carboxylic acids is 1. The average molecular weight is 226 g/mol. The third-order valence-electron chi connectivity index (χ3n) is 2.04. The summed E-state index contributed by atoms with van der Waals surface area (Å²) in [5.41, 5.74) is 0. The zero-order valence-electron chi connectivity index (χ0n) is 12.1. The first-order valence-electron chi connectivity index (χ1n) is 7.09. The fourth-order valence-corrected chi connectivity index (χ4v) is 1.20. The Hall–Kier alpha value is -1.05. The summed E-state index contributed by atoms with van der Waals surface area (Å²) in [5.74, 6) is -0.745. The fourth-order valence-electron chi connectivity index (χ4n) is 1.20. The number of carboxylic acid groups (broad SMARTS) is 1. The second-order valence-electron chi connectivity index (χ2n) is 3.58. The molecule has 0 spiro atoms. The second kappa shape index (κ2) is 12.0. The Morgan fingerprint density at radius 1 is 1.19 bits per heavy atom. The quantitative estimate of drug-likeness (QED) is 0.445. The van der Waals surface area contributed by atoms with Crippen molar-refractivity contribution in [1.82, 2.24) is 0 Å². The lowest BCUT2D eigenvalue weighted by molar-refractivity contribution is -0.137. The van der Waals surface area contributed by atoms with E-state index < -0.39 is 5.97 Å². The number of rotatable bonds is 10. The smallest absolute Gasteiger partial charge is 0.303 e. The van der Waals surface area contributed by atoms with Crippen LogP contribution in [0.2, 0.25) is 0 Å². The van der Waals surface area contributed by atoms with Gasteiger partial charge in [-0.2, -0.15) is 0 Å². The number of hydrogen-bond donors (Lipinski definition) is 1. The van der Waals surface area contributed by atoms with Gasteiger partial charge in [-0.15, -0.1) is 0 Å². The lowest BCUT2D eigenvalue weighted by Gasteiger charge is -1.91. The molecule has 0 rings (SSSR count). The van der Waals surface area contributed by atoms with Gasteiger partial charge in [-0.3, -0.25) is 4.79 Å². The Kier molecular flexibility index (Phi) is 8.59. The van der Waals surface area contributed by atoms with Crippen molar-refractivity contribution in [3.63, 3.8) is 0 Å². The topological polar surface area (TPSA) is 37.3 Å². The minimum atomic E-state index is -0.745. The number of hydrogen-bond acceptors (Lipinski definition) is 1. The largest absolute Gasteiger partial charge is 0.481 e. The van der Waals surface area contributed by atoms with Crippen molar-refractivity contribution in [3.8, 4) is 0 Å². The van der Waals surface area contributed by atoms with Crippen LogP contribution in [0, 0.1) is 0 Å². The molecule has 92 valence electrons. The molecule has 0 radical (unpaired) electrons. The molecule has 2 heteroatoms. The zero-order valence-corrected chi connectivity index (χ0v) is 10.1. The molecule has 0 saturated carbocycles. The molecule has 0 bridgehead atoms. The van der Waals surface area contributed by atoms with E-state index in [4.69, 9.17) is 7.85 Å². The summed E-state index contributed by atoms with van der Waals surface area (Å²) in [7, 11) is 0. The maximum absolute atomic E-state index is 10.2. The highest BCUT2D eigenvalue weighted by Crippen LogP contribution is 2.01. The molecule has 0 amide bonds. The maximum atomic E-state index is 10.2. The van der Waals surface area contributed by atoms with E-state index in [2.05, 4.69) is 0 Å². The van der Waals surface area contributed by atoms with Gasteiger partial charge in [-0.25, -0.2) is 0 Å². The highest BCUT2D eigenvalue weighted by atomic mass is 16.4. The third-order valence-corrected chi connectivity index (χ3v) is 2.04. The Bertz CT molecular complexity index is 275. The van der Waals surface area contributed by atoms with Gasteiger partial charge in [-0.1, -0.05) is 44.0 Å². The zero-order chi connectivity index (χ0) is 13.8. The van der Waals surface area contributed by atoms with Crippen LogP contribution in [0.15, 0.2) is 24.3 Å². The van der Waals surface area contributed by atoms with Gasteiger partial charge in [0.05, 0.1) is 0 Å². The molecule has 0 fully saturated rings. The van der Waals surface area contributed by atoms with E-state index in [1.807, 2.05) is 31.2 Å². The molecule has 2 nitrogen and oxygen atoms in total. The molecule has 0 aliphatic carbocycles. The minimum Gasteiger partial charge on any atom is -0.481 e. The van der Waals surface area contributed by atoms with Crippen molar-refractivity contribution >= 4 is 5.97 Å². The molecule has 16 heavy (non-hydrogen) atoms. The van der Waals surface area contributed by atoms with Crippen LogP contribution in [0.5, 0.6) is 0 Å². The SMILES string of the molecule is [2H]C(CC)C([2H])C/C=C\C/C=C\CCCC(=O)O. The highest BCUT2D eigenvalue weighted by molar-refractivity contribution is 5.66. The molecule has 0 aliphatic rings. The summed E-state index contributed by atoms with van der Waals surface area (Å²) in [6, 6.07) is 0. The van der Waals surface area contributed by atoms with Gasteiger partial charge in [0.15, 0.2) is 0 Å². The number of carbonyl (C=O) groups is 1. The molecule has 2 unspecified atom stereocenters. The van der Waals surface area contributed by atoms with E-state index in [1.165, 1.54) is 0 Å². The van der Waals surface area contributed by atoms with Crippen molar-refractivity contribution in [2.45, 2.75) is 58.2 Å². The number of aliphatic carboxylic acids is 1. The van der Waals surface area contributed by atoms with Gasteiger partial charge in [0.1, 0.15) is 0 Å². The third kappa shape index (κ3) is 12.9. The number of allylic oxidation sites excluding steroid dienone is 4. The molecule has 0 heterocycles. The van der Waals surface area contributed by atoms with Gasteiger partial charge < -0.3 is 5.11 Å². The monoisotopic (exact) mass is 226 g/mol. The normalized spacial score (nSPS) is 17.3. The van der Waals surface area contributed by atoms with E-state index in [0.717, 1.165) is 19.3 Å². The Labute approximate surface area is 102 Å². The van der Waals surface area contributed by atoms with Crippen molar-refractivity contribution in [3.05, 3.63) is 24.3 Å². The summed E-state index contributed by atoms with van der Waals surface area (Å²) in [4.78, 5) is 10.2. The van der Waals surface area contributed by atoms with Gasteiger partial charge in [0.2, 0.25) is 0 Å². The van der Waals surface area contributed by atoms with E-state index in [-0.39, 0.29) is 19.2 Å². The predicted octanol–water partition coefficient (Wildman–Crippen LogP) is 4.32. The van der Waals surface area contributed by atoms with E-state index in [0.29, 0.717) is 12.8 Å². The van der Waals surface area contributed by atoms with Crippen LogP contribution in [0.25, 0.3) is 0 Å². The van der Waals surface area contributed by atoms with Gasteiger partial charge >= 0.3 is 5.97 Å². The standard InChI is InChI=1S/C14H24O2/c1-2-3-4-5-6-7-8-9-10-11-12-13-14(15)16/h6-7,9-10H,2-5,8,11-13H2,1H3,(H,15,16)/b7-6-,10-9-/i3D,4D. The van der Waals surface area contributed by atoms with Gasteiger partial charge in [0.25, 0.3) is 0 Å². The maximum Gasteiger partial charge on any atom is 0.303 e. The molecule has 2 atom stereocenters. The van der Waals surface area contributed by atoms with E-state index >= 15 is 0 Å². The Morgan fingerprint density at radius 2 is 1.88 bits per heavy atom. The molecule has 0 saturated heterocycles. The summed E-state index contributed by atoms with van der Waals surface area (Å²) < 4.78 is 15.2. The molecule has 0 aliphatic heterocycles. The van der Waals surface area contributed by atoms with Crippen LogP contribution < -0.4 is 0 Å². The first kappa shape index (κ1) is 11.4. The molecular weight excluding hydrogens is 200 g/mol. The van der Waals surface area contributed by atoms with E-state index in [1.54, 1.807) is 0 Å². The van der Waals surface area contributed by atoms with E-state index in [9.17, 15) is 4.79 Å². The predicted molar refractivity (Wildman–Crippen MR) is 68.5 cm³/mol. The summed E-state index contributed by atoms with van der Waals surface area (Å²) in [6.07, 6.45) is 11.2. The average Bonchev–Trinajstić information content (AvgIpc) is 2.35. The fraction of sp³-hybridized carbons (Fsp3) is 0.643. The van der Waals surface area contributed by atoms with Crippen LogP contribution in [-0.2, 0) is 4.79 Å². The van der Waals surface area contributed by atoms with Crippen molar-refractivity contribution in [2.24, 2.45) is 0 Å².